The zero-order chi connectivity index (χ0) is 11.4. The molecule has 0 radical (unpaired) electrons. The summed E-state index contributed by atoms with van der Waals surface area (Å²) in [6, 6.07) is 0. The predicted molar refractivity (Wildman–Crippen MR) is 57.2 cm³/mol. The summed E-state index contributed by atoms with van der Waals surface area (Å²) >= 11 is 4.17. The fraction of sp³-hybridized carbons (Fsp3) is 0.778. The third-order valence-corrected chi connectivity index (χ3v) is 3.21. The van der Waals surface area contributed by atoms with Gasteiger partial charge in [-0.1, -0.05) is 20.3 Å². The van der Waals surface area contributed by atoms with Crippen molar-refractivity contribution in [2.45, 2.75) is 38.4 Å². The molecule has 14 heavy (non-hydrogen) atoms. The lowest BCUT2D eigenvalue weighted by molar-refractivity contribution is -0.155. The van der Waals surface area contributed by atoms with Gasteiger partial charge in [0.2, 0.25) is 5.91 Å². The summed E-state index contributed by atoms with van der Waals surface area (Å²) < 4.78 is 0. The molecule has 0 saturated carbocycles. The minimum atomic E-state index is -1.53. The Morgan fingerprint density at radius 1 is 1.50 bits per heavy atom. The number of hydrogen-bond acceptors (Lipinski definition) is 3. The van der Waals surface area contributed by atoms with Gasteiger partial charge in [0.1, 0.15) is 0 Å². The van der Waals surface area contributed by atoms with Gasteiger partial charge in [0.05, 0.1) is 0 Å². The van der Waals surface area contributed by atoms with E-state index in [2.05, 4.69) is 12.6 Å². The Hall–Kier alpha value is -0.710. The van der Waals surface area contributed by atoms with Gasteiger partial charge in [-0.15, -0.1) is 0 Å². The maximum absolute atomic E-state index is 11.2. The molecule has 1 amide bonds. The fourth-order valence-electron chi connectivity index (χ4n) is 1.49. The fourth-order valence-corrected chi connectivity index (χ4v) is 2.17. The molecule has 5 heteroatoms. The highest BCUT2D eigenvalue weighted by molar-refractivity contribution is 7.81. The topological polar surface area (TPSA) is 80.4 Å². The number of carboxylic acids is 1. The normalized spacial score (nSPS) is 17.1. The SMILES string of the molecule is CCCC(S)C(CC)(C(N)=O)C(=O)O. The average Bonchev–Trinajstić information content (AvgIpc) is 2.05. The highest BCUT2D eigenvalue weighted by Gasteiger charge is 2.48. The van der Waals surface area contributed by atoms with Crippen LogP contribution >= 0.6 is 12.6 Å². The molecular weight excluding hydrogens is 202 g/mol. The van der Waals surface area contributed by atoms with E-state index in [1.807, 2.05) is 6.92 Å². The maximum Gasteiger partial charge on any atom is 0.320 e. The first-order chi connectivity index (χ1) is 6.43. The van der Waals surface area contributed by atoms with Crippen LogP contribution in [0.15, 0.2) is 0 Å². The van der Waals surface area contributed by atoms with E-state index in [0.717, 1.165) is 6.42 Å². The van der Waals surface area contributed by atoms with E-state index in [0.29, 0.717) is 6.42 Å². The Bertz CT molecular complexity index is 216. The molecule has 2 unspecified atom stereocenters. The lowest BCUT2D eigenvalue weighted by Crippen LogP contribution is -2.50. The first-order valence-electron chi connectivity index (χ1n) is 4.64. The molecule has 82 valence electrons. The zero-order valence-electron chi connectivity index (χ0n) is 8.49. The molecule has 0 saturated heterocycles. The van der Waals surface area contributed by atoms with Crippen LogP contribution in [0.3, 0.4) is 0 Å². The molecule has 0 aliphatic rings. The Kier molecular flexibility index (Phi) is 4.97. The molecule has 3 N–H and O–H groups in total. The smallest absolute Gasteiger partial charge is 0.320 e. The van der Waals surface area contributed by atoms with E-state index in [1.165, 1.54) is 0 Å². The minimum absolute atomic E-state index is 0.172. The second-order valence-electron chi connectivity index (χ2n) is 3.30. The summed E-state index contributed by atoms with van der Waals surface area (Å²) in [5.74, 6) is -1.98. The maximum atomic E-state index is 11.2. The van der Waals surface area contributed by atoms with Crippen LogP contribution in [0.5, 0.6) is 0 Å². The van der Waals surface area contributed by atoms with Crippen molar-refractivity contribution in [2.24, 2.45) is 11.1 Å². The van der Waals surface area contributed by atoms with Crippen molar-refractivity contribution in [1.82, 2.24) is 0 Å². The highest BCUT2D eigenvalue weighted by atomic mass is 32.1. The Morgan fingerprint density at radius 2 is 2.00 bits per heavy atom. The molecule has 0 rings (SSSR count). The number of amides is 1. The quantitative estimate of drug-likeness (QED) is 0.461. The number of carboxylic acid groups (broad SMARTS) is 1. The summed E-state index contributed by atoms with van der Waals surface area (Å²) in [6.07, 6.45) is 1.51. The first kappa shape index (κ1) is 13.3. The van der Waals surface area contributed by atoms with Gasteiger partial charge in [-0.2, -0.15) is 12.6 Å². The van der Waals surface area contributed by atoms with Gasteiger partial charge in [-0.3, -0.25) is 9.59 Å². The number of carbonyl (C=O) groups excluding carboxylic acids is 1. The van der Waals surface area contributed by atoms with Crippen LogP contribution in [-0.4, -0.2) is 22.2 Å². The van der Waals surface area contributed by atoms with Crippen molar-refractivity contribution in [3.63, 3.8) is 0 Å². The van der Waals surface area contributed by atoms with E-state index in [4.69, 9.17) is 10.8 Å². The molecule has 0 bridgehead atoms. The Balaban J connectivity index is 5.03. The van der Waals surface area contributed by atoms with Crippen LogP contribution in [0.1, 0.15) is 33.1 Å². The molecule has 0 aromatic carbocycles. The Morgan fingerprint density at radius 3 is 2.21 bits per heavy atom. The molecule has 0 aromatic rings. The van der Waals surface area contributed by atoms with Gasteiger partial charge in [0, 0.05) is 5.25 Å². The molecule has 0 spiro atoms. The Labute approximate surface area is 89.3 Å². The average molecular weight is 219 g/mol. The van der Waals surface area contributed by atoms with Gasteiger partial charge in [-0.25, -0.2) is 0 Å². The monoisotopic (exact) mass is 219 g/mol. The lowest BCUT2D eigenvalue weighted by Gasteiger charge is -2.30. The van der Waals surface area contributed by atoms with Crippen molar-refractivity contribution >= 4 is 24.5 Å². The molecule has 0 aromatic heterocycles. The number of rotatable bonds is 6. The van der Waals surface area contributed by atoms with Gasteiger partial charge >= 0.3 is 5.97 Å². The molecule has 4 nitrogen and oxygen atoms in total. The zero-order valence-corrected chi connectivity index (χ0v) is 9.38. The van der Waals surface area contributed by atoms with E-state index in [1.54, 1.807) is 6.92 Å². The van der Waals surface area contributed by atoms with E-state index in [9.17, 15) is 9.59 Å². The first-order valence-corrected chi connectivity index (χ1v) is 5.16. The molecule has 0 heterocycles. The molecule has 0 aliphatic heterocycles. The predicted octanol–water partition coefficient (Wildman–Crippen LogP) is 1.05. The third-order valence-electron chi connectivity index (χ3n) is 2.51. The molecular formula is C9H17NO3S. The number of carbonyl (C=O) groups is 2. The largest absolute Gasteiger partial charge is 0.480 e. The van der Waals surface area contributed by atoms with Crippen LogP contribution in [0.25, 0.3) is 0 Å². The van der Waals surface area contributed by atoms with Gasteiger partial charge in [-0.05, 0) is 12.8 Å². The summed E-state index contributed by atoms with van der Waals surface area (Å²) in [6.45, 7) is 3.55. The third kappa shape index (κ3) is 2.20. The van der Waals surface area contributed by atoms with Crippen molar-refractivity contribution in [1.29, 1.82) is 0 Å². The van der Waals surface area contributed by atoms with Gasteiger partial charge < -0.3 is 10.8 Å². The number of primary amides is 1. The summed E-state index contributed by atoms with van der Waals surface area (Å²) in [5.41, 5.74) is 3.62. The van der Waals surface area contributed by atoms with Gasteiger partial charge in [0.25, 0.3) is 0 Å². The van der Waals surface area contributed by atoms with Crippen LogP contribution < -0.4 is 5.73 Å². The molecule has 2 atom stereocenters. The van der Waals surface area contributed by atoms with Crippen molar-refractivity contribution < 1.29 is 14.7 Å². The lowest BCUT2D eigenvalue weighted by atomic mass is 9.79. The summed E-state index contributed by atoms with van der Waals surface area (Å²) in [4.78, 5) is 22.3. The number of thiol groups is 1. The van der Waals surface area contributed by atoms with Gasteiger partial charge in [0.15, 0.2) is 5.41 Å². The standard InChI is InChI=1S/C9H17NO3S/c1-3-5-6(14)9(4-2,7(10)11)8(12)13/h6,14H,3-5H2,1-2H3,(H2,10,11)(H,12,13). The summed E-state index contributed by atoms with van der Waals surface area (Å²) in [5, 5.41) is 8.52. The van der Waals surface area contributed by atoms with E-state index >= 15 is 0 Å². The highest BCUT2D eigenvalue weighted by Crippen LogP contribution is 2.33. The molecule has 0 fully saturated rings. The second-order valence-corrected chi connectivity index (χ2v) is 3.92. The van der Waals surface area contributed by atoms with Crippen molar-refractivity contribution in [3.8, 4) is 0 Å². The minimum Gasteiger partial charge on any atom is -0.480 e. The van der Waals surface area contributed by atoms with Crippen LogP contribution in [0.2, 0.25) is 0 Å². The number of aliphatic carboxylic acids is 1. The summed E-state index contributed by atoms with van der Waals surface area (Å²) in [7, 11) is 0. The number of nitrogens with two attached hydrogens (primary N) is 1. The van der Waals surface area contributed by atoms with Crippen LogP contribution in [0, 0.1) is 5.41 Å². The van der Waals surface area contributed by atoms with Crippen LogP contribution in [0.4, 0.5) is 0 Å². The second kappa shape index (κ2) is 5.24. The van der Waals surface area contributed by atoms with E-state index < -0.39 is 22.5 Å². The van der Waals surface area contributed by atoms with Crippen molar-refractivity contribution in [3.05, 3.63) is 0 Å². The molecule has 0 aliphatic carbocycles. The van der Waals surface area contributed by atoms with Crippen molar-refractivity contribution in [2.75, 3.05) is 0 Å². The van der Waals surface area contributed by atoms with E-state index in [-0.39, 0.29) is 6.42 Å². The van der Waals surface area contributed by atoms with Crippen LogP contribution in [-0.2, 0) is 9.59 Å². The number of hydrogen-bond donors (Lipinski definition) is 3.